The molecule has 8 aromatic carbocycles. The first-order valence-corrected chi connectivity index (χ1v) is 36.8. The average molecular weight is 1950 g/mol. The number of nitrogens with one attached hydrogen (secondary N) is 5. The number of H-pyrrole nitrogens is 5. The fraction of sp³-hybridized carbons (Fsp3) is 0.157. The SMILES string of the molecule is C[C-](C)Cc1c[nH]c2ccc(F)cc12.C[CH-]Cc1c[nH]c2ccc(F)cc12.[C-]#Cc1c[nH]c2ccc(F)cc12.[CH2-]C(C)c1c[nH]c2ccc(F)cc12.[CH2-]CCc1csc2ccc(C#N)cc12.[CH2-]CCc1csc2ccc(Cl)cc12.[CH2-]CCc1csc2ccc(F)cc12.[CH2-]Cc1c[nH]c2ccc(F)cc12.[CH3-].[Co+2].[Co].[Co].[Co].[Co].[Co].[Co].[Co]. The maximum atomic E-state index is 13.0. The van der Waals surface area contributed by atoms with Gasteiger partial charge in [-0.3, -0.25) is 5.92 Å². The Balaban J connectivity index is 0.00000125. The molecule has 1 atom stereocenters. The van der Waals surface area contributed by atoms with Gasteiger partial charge in [0.1, 0.15) is 34.9 Å². The van der Waals surface area contributed by atoms with E-state index in [1.54, 1.807) is 94.8 Å². The number of thiophene rings is 3. The van der Waals surface area contributed by atoms with Crippen LogP contribution in [0.2, 0.25) is 5.02 Å². The van der Waals surface area contributed by atoms with Crippen LogP contribution >= 0.6 is 45.6 Å². The van der Waals surface area contributed by atoms with Crippen molar-refractivity contribution in [1.29, 1.82) is 5.26 Å². The summed E-state index contributed by atoms with van der Waals surface area (Å²) in [6.07, 6.45) is 26.4. The molecular weight excluding hydrogens is 1870 g/mol. The largest absolute Gasteiger partial charge is 2.00 e. The quantitative estimate of drug-likeness (QED) is 0.0470. The molecule has 1 unspecified atom stereocenters. The molecule has 614 valence electrons. The zero-order valence-electron chi connectivity index (χ0n) is 62.0. The van der Waals surface area contributed by atoms with Crippen molar-refractivity contribution in [1.82, 2.24) is 24.9 Å². The number of rotatable bonds is 12. The number of nitriles is 1. The van der Waals surface area contributed by atoms with E-state index in [4.69, 9.17) is 23.3 Å². The molecule has 0 aliphatic carbocycles. The Morgan fingerprint density at radius 1 is 0.460 bits per heavy atom. The minimum absolute atomic E-state index is 0. The zero-order chi connectivity index (χ0) is 74.4. The minimum Gasteiger partial charge on any atom is -0.379 e. The average Bonchev–Trinajstić information content (AvgIpc) is 1.62. The van der Waals surface area contributed by atoms with Crippen molar-refractivity contribution in [3.05, 3.63) is 344 Å². The monoisotopic (exact) mass is 1950 g/mol. The Morgan fingerprint density at radius 2 is 0.805 bits per heavy atom. The molecule has 5 N–H and O–H groups in total. The summed E-state index contributed by atoms with van der Waals surface area (Å²) >= 11 is 11.1. The standard InChI is InChI=1S/C12H13FN.C12H10NS.C11H10ClS.2C11H11FN.C11H10FS.C10H9FN.C10H5FN.CH3.8Co/c1-8(2)5-9-7-14-12-4-3-10(13)6-11(9)12;1-2-3-10-8-14-12-5-4-9(7-13)6-11(10)12;1-2-3-8-7-13-11-5-4-9(12)6-10(8)11;1-7(2)10-6-13-11-4-3-8(12)5-9(10)11;2*1-2-3-8-7-13-11-5-4-9(12)6-10(8)11;2*1-2-7-6-12-10-4-3-8(11)5-9(7)10;;;;;;;;;/h3-4,6-7,14H,5H2,1-2H3;4-6,8H,1-3H2;4-7H,1-3H2;3-7,13H,1H2,2H3;2,4-7,13H,3H2,1H3;4-7H,1-3H2;3-6,12H,1-2H2;3-6,12H;1H3;;;;;;;;/q9*-1;;;;;;;;+2. The second kappa shape index (κ2) is 53.6. The minimum atomic E-state index is -0.293. The fourth-order valence-corrected chi connectivity index (χ4v) is 14.8. The van der Waals surface area contributed by atoms with Crippen molar-refractivity contribution in [2.75, 3.05) is 0 Å². The summed E-state index contributed by atoms with van der Waals surface area (Å²) in [6.45, 7) is 27.4. The number of aryl methyl sites for hydroxylation is 3. The van der Waals surface area contributed by atoms with Gasteiger partial charge in [0.2, 0.25) is 0 Å². The first-order valence-electron chi connectivity index (χ1n) is 33.8. The smallest absolute Gasteiger partial charge is 0.379 e. The molecule has 0 spiro atoms. The van der Waals surface area contributed by atoms with Gasteiger partial charge in [-0.2, -0.15) is 58.1 Å². The normalized spacial score (nSPS) is 10.2. The molecule has 0 bridgehead atoms. The first kappa shape index (κ1) is 107. The summed E-state index contributed by atoms with van der Waals surface area (Å²) in [6, 6.07) is 42.6. The van der Waals surface area contributed by atoms with Gasteiger partial charge in [0.05, 0.1) is 11.6 Å². The third-order valence-corrected chi connectivity index (χ3v) is 20.0. The molecular formula is C89H82ClCo8F6N6S3-7. The number of fused-ring (bicyclic) bond motifs is 8. The number of halogens is 7. The summed E-state index contributed by atoms with van der Waals surface area (Å²) < 4.78 is 81.0. The van der Waals surface area contributed by atoms with E-state index >= 15 is 0 Å². The van der Waals surface area contributed by atoms with Crippen LogP contribution in [0.5, 0.6) is 0 Å². The van der Waals surface area contributed by atoms with Crippen LogP contribution in [0, 0.1) is 113 Å². The predicted molar refractivity (Wildman–Crippen MR) is 435 cm³/mol. The van der Waals surface area contributed by atoms with E-state index in [2.05, 4.69) is 114 Å². The number of nitrogens with zero attached hydrogens (tertiary/aromatic N) is 1. The summed E-state index contributed by atoms with van der Waals surface area (Å²) in [5.41, 5.74) is 14.4. The van der Waals surface area contributed by atoms with E-state index < -0.39 is 0 Å². The molecule has 16 rings (SSSR count). The van der Waals surface area contributed by atoms with Crippen molar-refractivity contribution in [3.63, 3.8) is 0 Å². The summed E-state index contributed by atoms with van der Waals surface area (Å²) in [4.78, 5) is 15.3. The van der Waals surface area contributed by atoms with Crippen LogP contribution in [-0.4, -0.2) is 24.9 Å². The van der Waals surface area contributed by atoms with Crippen LogP contribution in [-0.2, 0) is 173 Å². The van der Waals surface area contributed by atoms with E-state index in [9.17, 15) is 26.3 Å². The second-order valence-electron chi connectivity index (χ2n) is 24.8. The van der Waals surface area contributed by atoms with Crippen LogP contribution < -0.4 is 0 Å². The van der Waals surface area contributed by atoms with Crippen LogP contribution in [0.15, 0.2) is 193 Å². The fourth-order valence-electron chi connectivity index (χ4n) is 11.7. The molecule has 6 nitrogen and oxygen atoms in total. The van der Waals surface area contributed by atoms with Gasteiger partial charge in [-0.25, -0.2) is 26.3 Å². The number of hydrogen-bond donors (Lipinski definition) is 5. The van der Waals surface area contributed by atoms with E-state index in [0.29, 0.717) is 17.4 Å². The third kappa shape index (κ3) is 30.0. The van der Waals surface area contributed by atoms with Gasteiger partial charge in [0, 0.05) is 210 Å². The number of benzene rings is 8. The Hall–Kier alpha value is -5.69. The maximum Gasteiger partial charge on any atom is 2.00 e. The molecule has 113 heavy (non-hydrogen) atoms. The molecule has 8 heterocycles. The van der Waals surface area contributed by atoms with Crippen LogP contribution in [0.3, 0.4) is 0 Å². The maximum absolute atomic E-state index is 13.0. The molecule has 0 saturated heterocycles. The Morgan fingerprint density at radius 3 is 1.23 bits per heavy atom. The van der Waals surface area contributed by atoms with Gasteiger partial charge >= 0.3 is 16.8 Å². The molecule has 16 aromatic rings. The topological polar surface area (TPSA) is 103 Å². The third-order valence-electron chi connectivity index (χ3n) is 16.8. The van der Waals surface area contributed by atoms with Gasteiger partial charge < -0.3 is 85.7 Å². The molecule has 0 aliphatic rings. The van der Waals surface area contributed by atoms with Gasteiger partial charge in [0.25, 0.3) is 0 Å². The summed E-state index contributed by atoms with van der Waals surface area (Å²) in [5.74, 6) is 2.54. The van der Waals surface area contributed by atoms with Crippen molar-refractivity contribution in [2.45, 2.75) is 91.4 Å². The Labute approximate surface area is 760 Å². The number of aromatic amines is 5. The van der Waals surface area contributed by atoms with E-state index in [1.165, 1.54) is 96.9 Å². The van der Waals surface area contributed by atoms with Crippen LogP contribution in [0.1, 0.15) is 103 Å². The summed E-state index contributed by atoms with van der Waals surface area (Å²) in [7, 11) is 0. The van der Waals surface area contributed by atoms with Gasteiger partial charge in [0.15, 0.2) is 0 Å². The Kier molecular flexibility index (Phi) is 50.9. The zero-order valence-corrected chi connectivity index (χ0v) is 73.5. The van der Waals surface area contributed by atoms with Gasteiger partial charge in [-0.05, 0) is 200 Å². The molecule has 24 heteroatoms. The molecule has 0 amide bonds. The van der Waals surface area contributed by atoms with Crippen LogP contribution in [0.25, 0.3) is 84.8 Å². The van der Waals surface area contributed by atoms with E-state index in [1.807, 2.05) is 75.0 Å². The van der Waals surface area contributed by atoms with Crippen molar-refractivity contribution >= 4 is 130 Å². The molecule has 8 radical (unpaired) electrons. The number of hydrogen-bond acceptors (Lipinski definition) is 4. The summed E-state index contributed by atoms with van der Waals surface area (Å²) in [5, 5.41) is 24.2. The van der Waals surface area contributed by atoms with Crippen molar-refractivity contribution in [2.24, 2.45) is 0 Å². The van der Waals surface area contributed by atoms with Crippen molar-refractivity contribution < 1.29 is 161 Å². The van der Waals surface area contributed by atoms with Gasteiger partial charge in [-0.15, -0.1) is 51.9 Å². The molecule has 0 fully saturated rings. The molecule has 8 aromatic heterocycles. The Bertz CT molecular complexity index is 5380. The van der Waals surface area contributed by atoms with Crippen molar-refractivity contribution in [3.8, 4) is 12.0 Å². The molecule has 0 saturated carbocycles. The van der Waals surface area contributed by atoms with Crippen LogP contribution in [0.4, 0.5) is 26.3 Å². The number of aromatic nitrogens is 5. The predicted octanol–water partition coefficient (Wildman–Crippen LogP) is 26.8. The van der Waals surface area contributed by atoms with E-state index in [-0.39, 0.29) is 182 Å². The molecule has 0 aliphatic heterocycles. The van der Waals surface area contributed by atoms with E-state index in [0.717, 1.165) is 138 Å². The van der Waals surface area contributed by atoms with Gasteiger partial charge in [-0.1, -0.05) is 66.1 Å². The second-order valence-corrected chi connectivity index (χ2v) is 28.0. The first-order chi connectivity index (χ1) is 50.2.